The third-order valence-electron chi connectivity index (χ3n) is 5.77. The number of benzene rings is 2. The second-order valence-corrected chi connectivity index (χ2v) is 9.02. The summed E-state index contributed by atoms with van der Waals surface area (Å²) in [7, 11) is 0. The molecule has 6 unspecified atom stereocenters. The molecule has 1 N–H and O–H groups in total. The van der Waals surface area contributed by atoms with Crippen molar-refractivity contribution < 1.29 is 24.1 Å². The monoisotopic (exact) mass is 545 g/mol. The van der Waals surface area contributed by atoms with E-state index in [0.717, 1.165) is 20.4 Å². The number of aliphatic hydroxyl groups excluding tert-OH is 1. The molecular weight excluding hydrogens is 521 g/mol. The Kier molecular flexibility index (Phi) is 6.82. The van der Waals surface area contributed by atoms with Crippen LogP contribution in [0.1, 0.15) is 29.4 Å². The predicted molar refractivity (Wildman–Crippen MR) is 126 cm³/mol. The van der Waals surface area contributed by atoms with E-state index in [1.807, 2.05) is 72.8 Å². The highest BCUT2D eigenvalue weighted by Gasteiger charge is 2.50. The van der Waals surface area contributed by atoms with Gasteiger partial charge in [-0.15, -0.1) is 0 Å². The number of aromatic nitrogens is 1. The molecule has 0 spiro atoms. The molecule has 1 aromatic heterocycles. The summed E-state index contributed by atoms with van der Waals surface area (Å²) in [6.45, 7) is -0.177. The zero-order valence-corrected chi connectivity index (χ0v) is 19.4. The summed E-state index contributed by atoms with van der Waals surface area (Å²) in [5.74, 6) is 0. The number of rotatable bonds is 5. The lowest BCUT2D eigenvalue weighted by atomic mass is 9.95. The van der Waals surface area contributed by atoms with Gasteiger partial charge in [0, 0.05) is 27.3 Å². The van der Waals surface area contributed by atoms with Crippen molar-refractivity contribution in [2.75, 3.05) is 6.61 Å². The van der Waals surface area contributed by atoms with Crippen molar-refractivity contribution >= 4 is 22.6 Å². The molecule has 3 heterocycles. The van der Waals surface area contributed by atoms with E-state index in [2.05, 4.69) is 27.6 Å². The molecule has 2 aromatic carbocycles. The molecule has 2 aliphatic heterocycles. The van der Waals surface area contributed by atoms with Crippen molar-refractivity contribution in [3.8, 4) is 0 Å². The van der Waals surface area contributed by atoms with Crippen LogP contribution in [-0.2, 0) is 25.4 Å². The van der Waals surface area contributed by atoms with E-state index in [9.17, 15) is 5.11 Å². The summed E-state index contributed by atoms with van der Waals surface area (Å²) in [4.78, 5) is 4.56. The largest absolute Gasteiger partial charge is 0.394 e. The first-order valence-corrected chi connectivity index (χ1v) is 11.7. The molecule has 3 aromatic rings. The molecule has 0 saturated carbocycles. The van der Waals surface area contributed by atoms with Crippen molar-refractivity contribution in [2.45, 2.75) is 43.4 Å². The molecule has 6 nitrogen and oxygen atoms in total. The minimum Gasteiger partial charge on any atom is -0.394 e. The lowest BCUT2D eigenvalue weighted by molar-refractivity contribution is -0.384. The highest BCUT2D eigenvalue weighted by Crippen LogP contribution is 2.41. The Morgan fingerprint density at radius 1 is 0.719 bits per heavy atom. The van der Waals surface area contributed by atoms with Crippen LogP contribution in [0.2, 0.25) is 0 Å². The topological polar surface area (TPSA) is 70.0 Å². The Bertz CT molecular complexity index is 1020. The lowest BCUT2D eigenvalue weighted by Crippen LogP contribution is -2.59. The second kappa shape index (κ2) is 9.94. The Morgan fingerprint density at radius 2 is 1.28 bits per heavy atom. The smallest absolute Gasteiger partial charge is 0.184 e. The third-order valence-corrected chi connectivity index (χ3v) is 6.75. The van der Waals surface area contributed by atoms with Crippen LogP contribution < -0.4 is 0 Å². The number of nitrogens with zero attached hydrogens (tertiary/aromatic N) is 1. The van der Waals surface area contributed by atoms with E-state index in [-0.39, 0.29) is 12.7 Å². The van der Waals surface area contributed by atoms with Gasteiger partial charge in [0.2, 0.25) is 0 Å². The van der Waals surface area contributed by atoms with Crippen molar-refractivity contribution in [1.29, 1.82) is 0 Å². The number of halogens is 1. The SMILES string of the molecule is OCC1OC(c2ccccc2)OC2C(Cc3ncccc3I)OC(c3ccccc3)OC12. The van der Waals surface area contributed by atoms with Crippen LogP contribution in [0.3, 0.4) is 0 Å². The minimum absolute atomic E-state index is 0.177. The van der Waals surface area contributed by atoms with Gasteiger partial charge in [0.15, 0.2) is 12.6 Å². The van der Waals surface area contributed by atoms with Crippen LogP contribution in [0.15, 0.2) is 79.0 Å². The minimum atomic E-state index is -0.611. The Hall–Kier alpha value is -1.88. The molecule has 2 saturated heterocycles. The predicted octanol–water partition coefficient (Wildman–Crippen LogP) is 4.19. The average Bonchev–Trinajstić information content (AvgIpc) is 2.86. The fraction of sp³-hybridized carbons (Fsp3) is 0.320. The van der Waals surface area contributed by atoms with Crippen molar-refractivity contribution in [3.63, 3.8) is 0 Å². The number of hydrogen-bond donors (Lipinski definition) is 1. The van der Waals surface area contributed by atoms with Gasteiger partial charge in [-0.3, -0.25) is 4.98 Å². The van der Waals surface area contributed by atoms with Gasteiger partial charge in [-0.25, -0.2) is 0 Å². The van der Waals surface area contributed by atoms with E-state index in [1.165, 1.54) is 0 Å². The molecule has 2 aliphatic rings. The highest BCUT2D eigenvalue weighted by atomic mass is 127. The quantitative estimate of drug-likeness (QED) is 0.486. The van der Waals surface area contributed by atoms with Gasteiger partial charge in [0.05, 0.1) is 18.4 Å². The van der Waals surface area contributed by atoms with Gasteiger partial charge in [0.1, 0.15) is 18.3 Å². The maximum Gasteiger partial charge on any atom is 0.184 e. The third kappa shape index (κ3) is 4.59. The number of pyridine rings is 1. The Morgan fingerprint density at radius 3 is 1.84 bits per heavy atom. The van der Waals surface area contributed by atoms with Gasteiger partial charge >= 0.3 is 0 Å². The maximum atomic E-state index is 10.2. The molecule has 6 atom stereocenters. The van der Waals surface area contributed by atoms with Crippen LogP contribution in [0.4, 0.5) is 0 Å². The molecular formula is C25H24INO5. The van der Waals surface area contributed by atoms with Crippen LogP contribution in [-0.4, -0.2) is 41.1 Å². The average molecular weight is 545 g/mol. The Balaban J connectivity index is 1.48. The zero-order valence-electron chi connectivity index (χ0n) is 17.3. The maximum absolute atomic E-state index is 10.2. The molecule has 0 amide bonds. The van der Waals surface area contributed by atoms with Gasteiger partial charge in [-0.2, -0.15) is 0 Å². The number of fused-ring (bicyclic) bond motifs is 1. The lowest BCUT2D eigenvalue weighted by Gasteiger charge is -2.49. The molecule has 7 heteroatoms. The van der Waals surface area contributed by atoms with Crippen LogP contribution in [0, 0.1) is 3.57 Å². The first-order valence-electron chi connectivity index (χ1n) is 10.6. The van der Waals surface area contributed by atoms with Crippen molar-refractivity contribution in [1.82, 2.24) is 4.98 Å². The fourth-order valence-corrected chi connectivity index (χ4v) is 4.75. The number of ether oxygens (including phenoxy) is 4. The van der Waals surface area contributed by atoms with Gasteiger partial charge < -0.3 is 24.1 Å². The fourth-order valence-electron chi connectivity index (χ4n) is 4.18. The standard InChI is InChI=1S/C25H24INO5/c26-18-12-7-13-27-19(18)14-20-22-23(32-24(29-20)16-8-3-1-4-9-16)21(15-28)30-25(31-22)17-10-5-2-6-11-17/h1-13,20-25,28H,14-15H2. The van der Waals surface area contributed by atoms with Crippen LogP contribution in [0.5, 0.6) is 0 Å². The summed E-state index contributed by atoms with van der Waals surface area (Å²) in [5.41, 5.74) is 2.74. The molecule has 0 bridgehead atoms. The van der Waals surface area contributed by atoms with Crippen molar-refractivity contribution in [2.24, 2.45) is 0 Å². The summed E-state index contributed by atoms with van der Waals surface area (Å²) >= 11 is 2.29. The molecule has 166 valence electrons. The van der Waals surface area contributed by atoms with E-state index in [1.54, 1.807) is 6.20 Å². The summed E-state index contributed by atoms with van der Waals surface area (Å²) < 4.78 is 26.4. The first kappa shape index (κ1) is 21.9. The van der Waals surface area contributed by atoms with Crippen LogP contribution in [0.25, 0.3) is 0 Å². The molecule has 32 heavy (non-hydrogen) atoms. The number of aliphatic hydroxyl groups is 1. The van der Waals surface area contributed by atoms with E-state index in [4.69, 9.17) is 18.9 Å². The van der Waals surface area contributed by atoms with E-state index < -0.39 is 30.9 Å². The number of hydrogen-bond acceptors (Lipinski definition) is 6. The summed E-state index contributed by atoms with van der Waals surface area (Å²) in [6, 6.07) is 23.5. The first-order chi connectivity index (χ1) is 15.7. The van der Waals surface area contributed by atoms with Gasteiger partial charge in [-0.1, -0.05) is 60.7 Å². The zero-order chi connectivity index (χ0) is 21.9. The molecule has 5 rings (SSSR count). The summed E-state index contributed by atoms with van der Waals surface area (Å²) in [6.07, 6.45) is -0.622. The van der Waals surface area contributed by atoms with E-state index in [0.29, 0.717) is 6.42 Å². The van der Waals surface area contributed by atoms with Gasteiger partial charge in [-0.05, 0) is 34.7 Å². The normalized spacial score (nSPS) is 29.9. The van der Waals surface area contributed by atoms with Crippen LogP contribution >= 0.6 is 22.6 Å². The molecule has 0 radical (unpaired) electrons. The van der Waals surface area contributed by atoms with E-state index >= 15 is 0 Å². The second-order valence-electron chi connectivity index (χ2n) is 7.85. The van der Waals surface area contributed by atoms with Gasteiger partial charge in [0.25, 0.3) is 0 Å². The summed E-state index contributed by atoms with van der Waals surface area (Å²) in [5, 5.41) is 10.2. The van der Waals surface area contributed by atoms with Crippen molar-refractivity contribution in [3.05, 3.63) is 99.4 Å². The molecule has 2 fully saturated rings. The Labute approximate surface area is 200 Å². The molecule has 0 aliphatic carbocycles. The highest BCUT2D eigenvalue weighted by molar-refractivity contribution is 14.1.